The van der Waals surface area contributed by atoms with E-state index in [-0.39, 0.29) is 62.0 Å². The first-order valence-electron chi connectivity index (χ1n) is 16.8. The maximum atomic E-state index is 13.2. The number of azo groups is 2. The van der Waals surface area contributed by atoms with Gasteiger partial charge in [-0.05, 0) is 108 Å². The number of likely N-dealkylation sites (N-methyl/N-ethyl adjacent to an activating group) is 2. The zero-order valence-electron chi connectivity index (χ0n) is 31.5. The number of hydrogen-bond donors (Lipinski definition) is 3. The monoisotopic (exact) mass is 851 g/mol. The van der Waals surface area contributed by atoms with Crippen LogP contribution in [0.2, 0.25) is 10.0 Å². The van der Waals surface area contributed by atoms with Crippen LogP contribution < -0.4 is 14.8 Å². The van der Waals surface area contributed by atoms with Crippen molar-refractivity contribution >= 4 is 83.6 Å². The number of nitrogens with one attached hydrogen (secondary N) is 3. The molecule has 0 saturated heterocycles. The molecular weight excluding hydrogens is 809 g/mol. The third kappa shape index (κ3) is 14.0. The first kappa shape index (κ1) is 46.0. The summed E-state index contributed by atoms with van der Waals surface area (Å²) in [6.07, 6.45) is -0.387. The zero-order chi connectivity index (χ0) is 41.8. The van der Waals surface area contributed by atoms with Gasteiger partial charge in [0.25, 0.3) is 5.91 Å². The first-order valence-corrected chi connectivity index (χ1v) is 20.6. The number of benzene rings is 3. The Morgan fingerprint density at radius 3 is 1.50 bits per heavy atom. The van der Waals surface area contributed by atoms with Gasteiger partial charge in [0.2, 0.25) is 26.1 Å². The third-order valence-electron chi connectivity index (χ3n) is 7.66. The lowest BCUT2D eigenvalue weighted by atomic mass is 10.0. The molecule has 0 aliphatic heterocycles. The maximum Gasteiger partial charge on any atom is 0.258 e. The lowest BCUT2D eigenvalue weighted by Gasteiger charge is -2.14. The van der Waals surface area contributed by atoms with Crippen LogP contribution in [0.4, 0.5) is 17.1 Å². The number of nitrogens with zero attached hydrogens (tertiary/aromatic N) is 6. The van der Waals surface area contributed by atoms with Crippen LogP contribution in [-0.4, -0.2) is 116 Å². The molecule has 21 heteroatoms. The van der Waals surface area contributed by atoms with Crippen molar-refractivity contribution in [3.05, 3.63) is 76.3 Å². The Morgan fingerprint density at radius 2 is 1.09 bits per heavy atom. The van der Waals surface area contributed by atoms with Gasteiger partial charge in [-0.1, -0.05) is 23.2 Å². The van der Waals surface area contributed by atoms with Crippen LogP contribution >= 0.6 is 23.2 Å². The highest BCUT2D eigenvalue weighted by molar-refractivity contribution is 7.89. The Balaban J connectivity index is 1.68. The number of halogens is 2. The lowest BCUT2D eigenvalue weighted by Crippen LogP contribution is -2.32. The predicted molar refractivity (Wildman–Crippen MR) is 212 cm³/mol. The molecular formula is C35H43Cl2N9O8S2. The second-order valence-corrected chi connectivity index (χ2v) is 17.3. The summed E-state index contributed by atoms with van der Waals surface area (Å²) >= 11 is 12.9. The fourth-order valence-corrected chi connectivity index (χ4v) is 7.11. The van der Waals surface area contributed by atoms with Crippen molar-refractivity contribution in [1.29, 1.82) is 0 Å². The van der Waals surface area contributed by atoms with Crippen molar-refractivity contribution in [2.75, 3.05) is 59.7 Å². The van der Waals surface area contributed by atoms with Gasteiger partial charge in [-0.2, -0.15) is 20.5 Å². The highest BCUT2D eigenvalue weighted by atomic mass is 35.5. The van der Waals surface area contributed by atoms with E-state index < -0.39 is 55.4 Å². The summed E-state index contributed by atoms with van der Waals surface area (Å²) in [7, 11) is -0.266. The molecule has 0 heterocycles. The van der Waals surface area contributed by atoms with Gasteiger partial charge in [-0.15, -0.1) is 0 Å². The molecule has 3 rings (SSSR count). The van der Waals surface area contributed by atoms with Gasteiger partial charge in [-0.25, -0.2) is 26.3 Å². The fraction of sp³-hybridized carbons (Fsp3) is 0.371. The number of sulfonamides is 2. The summed E-state index contributed by atoms with van der Waals surface area (Å²) in [6.45, 7) is 3.73. The molecule has 0 fully saturated rings. The highest BCUT2D eigenvalue weighted by Crippen LogP contribution is 2.31. The molecule has 1 amide bonds. The van der Waals surface area contributed by atoms with Crippen molar-refractivity contribution in [3.63, 3.8) is 0 Å². The minimum absolute atomic E-state index is 0.000489. The van der Waals surface area contributed by atoms with Gasteiger partial charge < -0.3 is 15.1 Å². The molecule has 2 unspecified atom stereocenters. The summed E-state index contributed by atoms with van der Waals surface area (Å²) in [5.41, 5.74) is 0.589. The Bertz CT molecular complexity index is 2030. The Kier molecular flexibility index (Phi) is 17.0. The van der Waals surface area contributed by atoms with Crippen LogP contribution in [0, 0.1) is 0 Å². The molecule has 3 aromatic rings. The standard InChI is InChI=1S/C35H43Cl2N9O8S2/c1-22(47)33(43-41-25-7-11-27(12-8-25)55(51,52)38-15-17-45(3)4)32(49)20-24-19-30(37)31(21-29(24)36)40-35(50)34(23(2)48)44-42-26-9-13-28(14-10-26)56(53,54)39-16-18-46(5)6/h7-14,19,21,33-34,38-39H,15-18,20H2,1-6H3,(H,40,50). The van der Waals surface area contributed by atoms with Gasteiger partial charge >= 0.3 is 0 Å². The molecule has 0 aliphatic rings. The molecule has 302 valence electrons. The van der Waals surface area contributed by atoms with E-state index in [1.54, 1.807) is 0 Å². The van der Waals surface area contributed by atoms with Gasteiger partial charge in [0.1, 0.15) is 0 Å². The molecule has 0 radical (unpaired) electrons. The summed E-state index contributed by atoms with van der Waals surface area (Å²) < 4.78 is 55.0. The number of anilines is 1. The van der Waals surface area contributed by atoms with Crippen molar-refractivity contribution < 1.29 is 36.0 Å². The van der Waals surface area contributed by atoms with Crippen LogP contribution in [-0.2, 0) is 45.6 Å². The van der Waals surface area contributed by atoms with Crippen molar-refractivity contribution in [3.8, 4) is 0 Å². The minimum atomic E-state index is -3.76. The molecule has 17 nitrogen and oxygen atoms in total. The van der Waals surface area contributed by atoms with E-state index in [9.17, 15) is 36.0 Å². The molecule has 2 atom stereocenters. The topological polar surface area (TPSA) is 229 Å². The van der Waals surface area contributed by atoms with Crippen LogP contribution in [0.15, 0.2) is 90.9 Å². The van der Waals surface area contributed by atoms with Gasteiger partial charge in [0, 0.05) is 37.6 Å². The summed E-state index contributed by atoms with van der Waals surface area (Å²) in [4.78, 5) is 54.7. The van der Waals surface area contributed by atoms with Crippen LogP contribution in [0.5, 0.6) is 0 Å². The van der Waals surface area contributed by atoms with Crippen LogP contribution in [0.25, 0.3) is 0 Å². The van der Waals surface area contributed by atoms with E-state index in [4.69, 9.17) is 23.2 Å². The Morgan fingerprint density at radius 1 is 0.661 bits per heavy atom. The predicted octanol–water partition coefficient (Wildman–Crippen LogP) is 4.21. The van der Waals surface area contributed by atoms with Crippen molar-refractivity contribution in [2.45, 2.75) is 42.1 Å². The number of ketones is 3. The summed E-state index contributed by atoms with van der Waals surface area (Å²) in [5, 5.41) is 18.1. The van der Waals surface area contributed by atoms with Crippen LogP contribution in [0.3, 0.4) is 0 Å². The number of Topliss-reactive ketones (excluding diaryl/α,β-unsaturated/α-hetero) is 3. The van der Waals surface area contributed by atoms with E-state index >= 15 is 0 Å². The van der Waals surface area contributed by atoms with E-state index in [0.717, 1.165) is 13.8 Å². The molecule has 0 bridgehead atoms. The zero-order valence-corrected chi connectivity index (χ0v) is 34.6. The highest BCUT2D eigenvalue weighted by Gasteiger charge is 2.27. The van der Waals surface area contributed by atoms with Gasteiger partial charge in [0.15, 0.2) is 23.4 Å². The molecule has 0 aliphatic carbocycles. The van der Waals surface area contributed by atoms with Crippen molar-refractivity contribution in [1.82, 2.24) is 19.2 Å². The van der Waals surface area contributed by atoms with E-state index in [1.807, 2.05) is 38.0 Å². The molecule has 3 N–H and O–H groups in total. The molecule has 3 aromatic carbocycles. The lowest BCUT2D eigenvalue weighted by molar-refractivity contribution is -0.128. The molecule has 0 saturated carbocycles. The number of hydrogen-bond acceptors (Lipinski definition) is 14. The second kappa shape index (κ2) is 20.7. The number of amides is 1. The normalized spacial score (nSPS) is 13.4. The smallest absolute Gasteiger partial charge is 0.258 e. The first-order chi connectivity index (χ1) is 26.2. The SMILES string of the molecule is CC(=O)C(N=Nc1ccc(S(=O)(=O)NCCN(C)C)cc1)C(=O)Cc1cc(Cl)c(NC(=O)C(N=Nc2ccc(S(=O)(=O)NCCN(C)C)cc2)C(C)=O)cc1Cl. The van der Waals surface area contributed by atoms with Crippen LogP contribution in [0.1, 0.15) is 19.4 Å². The third-order valence-corrected chi connectivity index (χ3v) is 11.3. The van der Waals surface area contributed by atoms with E-state index in [0.29, 0.717) is 13.1 Å². The number of rotatable bonds is 21. The molecule has 56 heavy (non-hydrogen) atoms. The van der Waals surface area contributed by atoms with Crippen molar-refractivity contribution in [2.24, 2.45) is 20.5 Å². The quantitative estimate of drug-likeness (QED) is 0.102. The largest absolute Gasteiger partial charge is 0.322 e. The fourth-order valence-electron chi connectivity index (χ4n) is 4.60. The van der Waals surface area contributed by atoms with E-state index in [2.05, 4.69) is 35.2 Å². The number of carbonyl (C=O) groups is 4. The summed E-state index contributed by atoms with van der Waals surface area (Å²) in [6, 6.07) is 10.2. The molecule has 0 spiro atoms. The van der Waals surface area contributed by atoms with E-state index in [1.165, 1.54) is 60.7 Å². The Labute approximate surface area is 336 Å². The van der Waals surface area contributed by atoms with Gasteiger partial charge in [-0.3, -0.25) is 19.2 Å². The average molecular weight is 853 g/mol. The van der Waals surface area contributed by atoms with Gasteiger partial charge in [0.05, 0.1) is 31.9 Å². The number of carbonyl (C=O) groups excluding carboxylic acids is 4. The second-order valence-electron chi connectivity index (χ2n) is 12.9. The molecule has 0 aromatic heterocycles. The Hall–Kier alpha value is -4.34. The summed E-state index contributed by atoms with van der Waals surface area (Å²) in [5.74, 6) is -2.82. The average Bonchev–Trinajstić information content (AvgIpc) is 3.10. The maximum absolute atomic E-state index is 13.2. The minimum Gasteiger partial charge on any atom is -0.322 e.